The normalized spacial score (nSPS) is 10.9. The molecule has 0 aliphatic heterocycles. The molecule has 0 aliphatic carbocycles. The zero-order chi connectivity index (χ0) is 19.7. The van der Waals surface area contributed by atoms with Crippen LogP contribution in [0, 0.1) is 0 Å². The molecular weight excluding hydrogens is 362 g/mol. The van der Waals surface area contributed by atoms with E-state index in [2.05, 4.69) is 19.2 Å². The molecule has 1 N–H and O–H groups in total. The van der Waals surface area contributed by atoms with E-state index in [1.165, 1.54) is 148 Å². The maximum absolute atomic E-state index is 3.41. The minimum atomic E-state index is 0. The molecule has 2 heteroatoms. The molecule has 0 amide bonds. The summed E-state index contributed by atoms with van der Waals surface area (Å²) in [7, 11) is 0. The van der Waals surface area contributed by atoms with Crippen molar-refractivity contribution in [2.24, 2.45) is 0 Å². The first-order valence-electron chi connectivity index (χ1n) is 13.1. The summed E-state index contributed by atoms with van der Waals surface area (Å²) in [6, 6.07) is 0. The Bertz CT molecular complexity index is 221. The zero-order valence-electron chi connectivity index (χ0n) is 19.9. The van der Waals surface area contributed by atoms with Crippen molar-refractivity contribution in [1.82, 2.24) is 5.32 Å². The van der Waals surface area contributed by atoms with Gasteiger partial charge in [0.25, 0.3) is 0 Å². The van der Waals surface area contributed by atoms with Crippen molar-refractivity contribution in [3.63, 3.8) is 0 Å². The van der Waals surface area contributed by atoms with Crippen LogP contribution in [0.4, 0.5) is 0 Å². The van der Waals surface area contributed by atoms with E-state index < -0.39 is 0 Å². The number of halogens is 1. The van der Waals surface area contributed by atoms with Crippen molar-refractivity contribution in [3.05, 3.63) is 0 Å². The molecule has 0 aromatic heterocycles. The summed E-state index contributed by atoms with van der Waals surface area (Å²) in [4.78, 5) is 0. The molecule has 0 aliphatic rings. The lowest BCUT2D eigenvalue weighted by molar-refractivity contribution is 0.517. The second kappa shape index (κ2) is 29.5. The van der Waals surface area contributed by atoms with E-state index in [-0.39, 0.29) is 12.4 Å². The number of nitrogens with one attached hydrogen (secondary N) is 1. The third-order valence-electron chi connectivity index (χ3n) is 5.96. The van der Waals surface area contributed by atoms with Crippen LogP contribution >= 0.6 is 12.4 Å². The van der Waals surface area contributed by atoms with Gasteiger partial charge in [-0.2, -0.15) is 0 Å². The van der Waals surface area contributed by atoms with Gasteiger partial charge in [0.2, 0.25) is 0 Å². The fourth-order valence-electron chi connectivity index (χ4n) is 4.04. The van der Waals surface area contributed by atoms with Gasteiger partial charge >= 0.3 is 0 Å². The molecule has 28 heavy (non-hydrogen) atoms. The smallest absolute Gasteiger partial charge is 0.00490 e. The average molecular weight is 418 g/mol. The zero-order valence-corrected chi connectivity index (χ0v) is 20.7. The highest BCUT2D eigenvalue weighted by Gasteiger charge is 1.95. The summed E-state index contributed by atoms with van der Waals surface area (Å²) in [5.74, 6) is 0. The van der Waals surface area contributed by atoms with E-state index in [1.807, 2.05) is 0 Å². The molecular formula is C26H56ClN. The van der Waals surface area contributed by atoms with Gasteiger partial charge in [-0.05, 0) is 19.5 Å². The Balaban J connectivity index is 0. The molecule has 0 saturated heterocycles. The largest absolute Gasteiger partial charge is 0.317 e. The average Bonchev–Trinajstić information content (AvgIpc) is 2.68. The van der Waals surface area contributed by atoms with Crippen LogP contribution in [0.25, 0.3) is 0 Å². The highest BCUT2D eigenvalue weighted by Crippen LogP contribution is 2.15. The monoisotopic (exact) mass is 417 g/mol. The second-order valence-corrected chi connectivity index (χ2v) is 8.78. The molecule has 0 aromatic carbocycles. The lowest BCUT2D eigenvalue weighted by atomic mass is 10.0. The minimum absolute atomic E-state index is 0. The van der Waals surface area contributed by atoms with Crippen molar-refractivity contribution in [2.45, 2.75) is 155 Å². The molecule has 0 fully saturated rings. The van der Waals surface area contributed by atoms with Crippen molar-refractivity contribution < 1.29 is 0 Å². The SMILES string of the molecule is CCCCCCCCCCCCCCCCCCCCCCCCNCC.Cl. The fraction of sp³-hybridized carbons (Fsp3) is 1.00. The summed E-state index contributed by atoms with van der Waals surface area (Å²) in [5, 5.41) is 3.41. The summed E-state index contributed by atoms with van der Waals surface area (Å²) in [5.41, 5.74) is 0. The third-order valence-corrected chi connectivity index (χ3v) is 5.96. The second-order valence-electron chi connectivity index (χ2n) is 8.78. The number of rotatable bonds is 24. The predicted octanol–water partition coefficient (Wildman–Crippen LogP) is 9.62. The van der Waals surface area contributed by atoms with Crippen molar-refractivity contribution in [1.29, 1.82) is 0 Å². The Morgan fingerprint density at radius 3 is 0.857 bits per heavy atom. The van der Waals surface area contributed by atoms with Crippen molar-refractivity contribution >= 4 is 12.4 Å². The van der Waals surface area contributed by atoms with E-state index in [0.717, 1.165) is 6.54 Å². The Hall–Kier alpha value is 0.250. The number of hydrogen-bond donors (Lipinski definition) is 1. The van der Waals surface area contributed by atoms with Crippen LogP contribution in [0.5, 0.6) is 0 Å². The predicted molar refractivity (Wildman–Crippen MR) is 133 cm³/mol. The number of hydrogen-bond acceptors (Lipinski definition) is 1. The highest BCUT2D eigenvalue weighted by molar-refractivity contribution is 5.85. The molecule has 0 rings (SSSR count). The Labute approximate surface area is 186 Å². The molecule has 0 spiro atoms. The van der Waals surface area contributed by atoms with E-state index in [1.54, 1.807) is 0 Å². The van der Waals surface area contributed by atoms with Crippen LogP contribution in [0.1, 0.15) is 155 Å². The first kappa shape index (κ1) is 30.4. The quantitative estimate of drug-likeness (QED) is 0.154. The maximum atomic E-state index is 3.41. The molecule has 172 valence electrons. The molecule has 0 saturated carbocycles. The van der Waals surface area contributed by atoms with Gasteiger partial charge in [0.15, 0.2) is 0 Å². The van der Waals surface area contributed by atoms with Crippen molar-refractivity contribution in [3.8, 4) is 0 Å². The first-order valence-corrected chi connectivity index (χ1v) is 13.1. The van der Waals surface area contributed by atoms with Gasteiger partial charge in [-0.15, -0.1) is 12.4 Å². The summed E-state index contributed by atoms with van der Waals surface area (Å²) >= 11 is 0. The summed E-state index contributed by atoms with van der Waals surface area (Å²) in [6.45, 7) is 6.84. The Kier molecular flexibility index (Phi) is 32.0. The molecule has 1 nitrogen and oxygen atoms in total. The number of unbranched alkanes of at least 4 members (excludes halogenated alkanes) is 21. The van der Waals surface area contributed by atoms with E-state index >= 15 is 0 Å². The lowest BCUT2D eigenvalue weighted by Crippen LogP contribution is -2.13. The molecule has 0 radical (unpaired) electrons. The standard InChI is InChI=1S/C26H55N.ClH/c1-3-5-6-7-8-9-10-11-12-13-14-15-16-17-18-19-20-21-22-23-24-25-26-27-4-2;/h27H,3-26H2,1-2H3;1H. The fourth-order valence-corrected chi connectivity index (χ4v) is 4.04. The molecule has 0 aromatic rings. The summed E-state index contributed by atoms with van der Waals surface area (Å²) < 4.78 is 0. The Morgan fingerprint density at radius 2 is 0.607 bits per heavy atom. The van der Waals surface area contributed by atoms with Gasteiger partial charge in [0.05, 0.1) is 0 Å². The highest BCUT2D eigenvalue weighted by atomic mass is 35.5. The van der Waals surface area contributed by atoms with E-state index in [0.29, 0.717) is 0 Å². The molecule has 0 atom stereocenters. The van der Waals surface area contributed by atoms with Gasteiger partial charge in [0.1, 0.15) is 0 Å². The molecule has 0 bridgehead atoms. The van der Waals surface area contributed by atoms with Gasteiger partial charge < -0.3 is 5.32 Å². The molecule has 0 unspecified atom stereocenters. The third kappa shape index (κ3) is 28.5. The van der Waals surface area contributed by atoms with Crippen LogP contribution in [-0.4, -0.2) is 13.1 Å². The summed E-state index contributed by atoms with van der Waals surface area (Å²) in [6.07, 6.45) is 32.3. The van der Waals surface area contributed by atoms with Crippen LogP contribution in [0.2, 0.25) is 0 Å². The minimum Gasteiger partial charge on any atom is -0.317 e. The van der Waals surface area contributed by atoms with Crippen LogP contribution in [0.3, 0.4) is 0 Å². The van der Waals surface area contributed by atoms with Gasteiger partial charge in [0, 0.05) is 0 Å². The first-order chi connectivity index (χ1) is 13.4. The van der Waals surface area contributed by atoms with E-state index in [4.69, 9.17) is 0 Å². The van der Waals surface area contributed by atoms with Crippen LogP contribution in [0.15, 0.2) is 0 Å². The Morgan fingerprint density at radius 1 is 0.357 bits per heavy atom. The van der Waals surface area contributed by atoms with E-state index in [9.17, 15) is 0 Å². The lowest BCUT2D eigenvalue weighted by Gasteiger charge is -2.04. The molecule has 0 heterocycles. The van der Waals surface area contributed by atoms with Crippen LogP contribution in [-0.2, 0) is 0 Å². The van der Waals surface area contributed by atoms with Crippen molar-refractivity contribution in [2.75, 3.05) is 13.1 Å². The maximum Gasteiger partial charge on any atom is -0.00490 e. The van der Waals surface area contributed by atoms with Gasteiger partial charge in [-0.1, -0.05) is 149 Å². The topological polar surface area (TPSA) is 12.0 Å². The van der Waals surface area contributed by atoms with Crippen LogP contribution < -0.4 is 5.32 Å². The van der Waals surface area contributed by atoms with Gasteiger partial charge in [-0.25, -0.2) is 0 Å². The van der Waals surface area contributed by atoms with Gasteiger partial charge in [-0.3, -0.25) is 0 Å².